The van der Waals surface area contributed by atoms with E-state index in [1.54, 1.807) is 6.07 Å². The van der Waals surface area contributed by atoms with Gasteiger partial charge in [-0.25, -0.2) is 9.78 Å². The summed E-state index contributed by atoms with van der Waals surface area (Å²) in [5.74, 6) is -0.0301. The van der Waals surface area contributed by atoms with Crippen LogP contribution in [0.5, 0.6) is 5.88 Å². The van der Waals surface area contributed by atoms with E-state index in [-0.39, 0.29) is 24.2 Å². The molecule has 4 heterocycles. The highest BCUT2D eigenvalue weighted by atomic mass is 16.5. The van der Waals surface area contributed by atoms with Crippen molar-refractivity contribution in [3.8, 4) is 23.2 Å². The number of carbonyl (C=O) groups is 1. The Bertz CT molecular complexity index is 1270. The standard InChI is InChI=1S/C28H29N3O6/c1-33-28(32)26-14-19(17-36-26)18-37-27-24(16-29)23(20-6-10-34-11-7-20)15-25(30-27)21-2-4-22(5-3-21)31-8-12-35-13-9-31/h2-5,14-15,17,20H,6-13,18H2,1H3. The molecule has 2 aliphatic heterocycles. The van der Waals surface area contributed by atoms with Gasteiger partial charge in [-0.2, -0.15) is 5.26 Å². The van der Waals surface area contributed by atoms with Gasteiger partial charge in [0.25, 0.3) is 0 Å². The third-order valence-corrected chi connectivity index (χ3v) is 6.74. The highest BCUT2D eigenvalue weighted by Gasteiger charge is 2.24. The maximum Gasteiger partial charge on any atom is 0.373 e. The lowest BCUT2D eigenvalue weighted by molar-refractivity contribution is 0.0565. The molecule has 0 saturated carbocycles. The van der Waals surface area contributed by atoms with Gasteiger partial charge in [-0.3, -0.25) is 0 Å². The number of nitriles is 1. The van der Waals surface area contributed by atoms with Crippen molar-refractivity contribution in [2.24, 2.45) is 0 Å². The minimum atomic E-state index is -0.564. The molecule has 9 heteroatoms. The van der Waals surface area contributed by atoms with E-state index in [1.807, 2.05) is 6.07 Å². The lowest BCUT2D eigenvalue weighted by atomic mass is 9.88. The fraction of sp³-hybridized carbons (Fsp3) is 0.393. The van der Waals surface area contributed by atoms with E-state index in [9.17, 15) is 10.1 Å². The molecule has 0 atom stereocenters. The molecule has 192 valence electrons. The number of ether oxygens (including phenoxy) is 4. The second-order valence-corrected chi connectivity index (χ2v) is 9.02. The number of hydrogen-bond donors (Lipinski definition) is 0. The van der Waals surface area contributed by atoms with Gasteiger partial charge in [0, 0.05) is 43.1 Å². The largest absolute Gasteiger partial charge is 0.472 e. The lowest BCUT2D eigenvalue weighted by Crippen LogP contribution is -2.36. The van der Waals surface area contributed by atoms with Crippen molar-refractivity contribution in [3.05, 3.63) is 65.1 Å². The van der Waals surface area contributed by atoms with Crippen molar-refractivity contribution in [1.29, 1.82) is 5.26 Å². The molecule has 2 saturated heterocycles. The number of methoxy groups -OCH3 is 1. The smallest absolute Gasteiger partial charge is 0.373 e. The number of hydrogen-bond acceptors (Lipinski definition) is 9. The van der Waals surface area contributed by atoms with Crippen LogP contribution in [0.4, 0.5) is 5.69 Å². The maximum absolute atomic E-state index is 11.7. The number of pyridine rings is 1. The number of aromatic nitrogens is 1. The summed E-state index contributed by atoms with van der Waals surface area (Å²) in [5, 5.41) is 10.1. The van der Waals surface area contributed by atoms with Crippen molar-refractivity contribution in [2.75, 3.05) is 51.5 Å². The first-order chi connectivity index (χ1) is 18.2. The van der Waals surface area contributed by atoms with Crippen LogP contribution >= 0.6 is 0 Å². The Morgan fingerprint density at radius 2 is 1.84 bits per heavy atom. The fourth-order valence-electron chi connectivity index (χ4n) is 4.71. The highest BCUT2D eigenvalue weighted by molar-refractivity contribution is 5.86. The van der Waals surface area contributed by atoms with Gasteiger partial charge in [-0.05, 0) is 48.6 Å². The van der Waals surface area contributed by atoms with Crippen molar-refractivity contribution >= 4 is 11.7 Å². The second kappa shape index (κ2) is 11.5. The Morgan fingerprint density at radius 3 is 2.54 bits per heavy atom. The van der Waals surface area contributed by atoms with Crippen LogP contribution in [0.15, 0.2) is 47.1 Å². The molecule has 0 N–H and O–H groups in total. The minimum absolute atomic E-state index is 0.0894. The first-order valence-corrected chi connectivity index (χ1v) is 12.4. The second-order valence-electron chi connectivity index (χ2n) is 9.02. The van der Waals surface area contributed by atoms with E-state index < -0.39 is 5.97 Å². The molecule has 5 rings (SSSR count). The summed E-state index contributed by atoms with van der Waals surface area (Å²) in [4.78, 5) is 18.8. The Morgan fingerprint density at radius 1 is 1.11 bits per heavy atom. The molecule has 2 fully saturated rings. The topological polar surface area (TPSA) is 107 Å². The van der Waals surface area contributed by atoms with Crippen molar-refractivity contribution in [2.45, 2.75) is 25.4 Å². The Hall–Kier alpha value is -3.87. The molecule has 0 spiro atoms. The molecule has 37 heavy (non-hydrogen) atoms. The monoisotopic (exact) mass is 503 g/mol. The summed E-state index contributed by atoms with van der Waals surface area (Å²) in [6.45, 7) is 4.59. The van der Waals surface area contributed by atoms with Crippen LogP contribution in [-0.4, -0.2) is 57.6 Å². The molecular formula is C28H29N3O6. The summed E-state index contributed by atoms with van der Waals surface area (Å²) in [5.41, 5.74) is 4.81. The average molecular weight is 504 g/mol. The van der Waals surface area contributed by atoms with Gasteiger partial charge in [-0.1, -0.05) is 12.1 Å². The van der Waals surface area contributed by atoms with Crippen molar-refractivity contribution < 1.29 is 28.2 Å². The van der Waals surface area contributed by atoms with Crippen molar-refractivity contribution in [1.82, 2.24) is 4.98 Å². The normalized spacial score (nSPS) is 16.3. The molecule has 0 radical (unpaired) electrons. The zero-order valence-electron chi connectivity index (χ0n) is 20.8. The maximum atomic E-state index is 11.7. The molecule has 0 unspecified atom stereocenters. The number of furan rings is 1. The van der Waals surface area contributed by atoms with Crippen LogP contribution in [0.1, 0.15) is 46.0 Å². The summed E-state index contributed by atoms with van der Waals surface area (Å²) in [6, 6.07) is 14.2. The van der Waals surface area contributed by atoms with Crippen LogP contribution in [0.3, 0.4) is 0 Å². The Kier molecular flexibility index (Phi) is 7.68. The van der Waals surface area contributed by atoms with Gasteiger partial charge in [0.2, 0.25) is 11.6 Å². The molecule has 2 aromatic heterocycles. The minimum Gasteiger partial charge on any atom is -0.472 e. The van der Waals surface area contributed by atoms with E-state index in [2.05, 4.69) is 35.2 Å². The number of rotatable bonds is 7. The third-order valence-electron chi connectivity index (χ3n) is 6.74. The van der Waals surface area contributed by atoms with Crippen LogP contribution in [0, 0.1) is 11.3 Å². The van der Waals surface area contributed by atoms with Crippen molar-refractivity contribution in [3.63, 3.8) is 0 Å². The molecule has 2 aliphatic rings. The fourth-order valence-corrected chi connectivity index (χ4v) is 4.71. The number of morpholine rings is 1. The molecule has 0 amide bonds. The first-order valence-electron chi connectivity index (χ1n) is 12.4. The van der Waals surface area contributed by atoms with E-state index >= 15 is 0 Å². The summed E-state index contributed by atoms with van der Waals surface area (Å²) in [7, 11) is 1.29. The number of anilines is 1. The average Bonchev–Trinajstić information content (AvgIpc) is 3.45. The molecule has 9 nitrogen and oxygen atoms in total. The highest BCUT2D eigenvalue weighted by Crippen LogP contribution is 2.36. The van der Waals surface area contributed by atoms with Gasteiger partial charge >= 0.3 is 5.97 Å². The van der Waals surface area contributed by atoms with E-state index in [1.165, 1.54) is 13.4 Å². The number of esters is 1. The first kappa shape index (κ1) is 24.8. The summed E-state index contributed by atoms with van der Waals surface area (Å²) in [6.07, 6.45) is 3.10. The molecule has 1 aromatic carbocycles. The quantitative estimate of drug-likeness (QED) is 0.436. The van der Waals surface area contributed by atoms with Gasteiger partial charge < -0.3 is 28.3 Å². The molecule has 3 aromatic rings. The van der Waals surface area contributed by atoms with Crippen LogP contribution in [0.2, 0.25) is 0 Å². The van der Waals surface area contributed by atoms with Crippen LogP contribution in [0.25, 0.3) is 11.3 Å². The Balaban J connectivity index is 1.45. The van der Waals surface area contributed by atoms with Gasteiger partial charge in [0.1, 0.15) is 18.2 Å². The molecule has 0 bridgehead atoms. The number of benzene rings is 1. The predicted molar refractivity (Wildman–Crippen MR) is 135 cm³/mol. The Labute approximate surface area is 215 Å². The summed E-state index contributed by atoms with van der Waals surface area (Å²) < 4.78 is 27.0. The lowest BCUT2D eigenvalue weighted by Gasteiger charge is -2.29. The number of nitrogens with zero attached hydrogens (tertiary/aromatic N) is 3. The SMILES string of the molecule is COC(=O)c1cc(COc2nc(-c3ccc(N4CCOCC4)cc3)cc(C3CCOCC3)c2C#N)co1. The van der Waals surface area contributed by atoms with Crippen LogP contribution in [-0.2, 0) is 20.8 Å². The number of carbonyl (C=O) groups excluding carboxylic acids is 1. The third kappa shape index (κ3) is 5.61. The van der Waals surface area contributed by atoms with E-state index in [0.29, 0.717) is 24.3 Å². The molecule has 0 aliphatic carbocycles. The van der Waals surface area contributed by atoms with Gasteiger partial charge in [0.15, 0.2) is 0 Å². The predicted octanol–water partition coefficient (Wildman–Crippen LogP) is 4.31. The summed E-state index contributed by atoms with van der Waals surface area (Å²) >= 11 is 0. The van der Waals surface area contributed by atoms with E-state index in [0.717, 1.165) is 61.7 Å². The molecular weight excluding hydrogens is 474 g/mol. The van der Waals surface area contributed by atoms with Crippen LogP contribution < -0.4 is 9.64 Å². The van der Waals surface area contributed by atoms with Gasteiger partial charge in [-0.15, -0.1) is 0 Å². The van der Waals surface area contributed by atoms with E-state index in [4.69, 9.17) is 28.3 Å². The zero-order valence-corrected chi connectivity index (χ0v) is 20.8. The zero-order chi connectivity index (χ0) is 25.6. The van der Waals surface area contributed by atoms with Gasteiger partial charge in [0.05, 0.1) is 32.3 Å².